The SMILES string of the molecule is COCCOCC(O)COC1CCC(N)CC1. The number of aliphatic hydroxyl groups excluding tert-OH is 1. The van der Waals surface area contributed by atoms with Crippen LogP contribution in [-0.2, 0) is 14.2 Å². The first-order valence-corrected chi connectivity index (χ1v) is 6.34. The Hall–Kier alpha value is -0.200. The number of aliphatic hydroxyl groups is 1. The van der Waals surface area contributed by atoms with Crippen molar-refractivity contribution in [2.24, 2.45) is 5.73 Å². The lowest BCUT2D eigenvalue weighted by molar-refractivity contribution is -0.0582. The molecular weight excluding hydrogens is 222 g/mol. The molecule has 1 rings (SSSR count). The van der Waals surface area contributed by atoms with Gasteiger partial charge >= 0.3 is 0 Å². The molecule has 102 valence electrons. The molecule has 1 aliphatic rings. The summed E-state index contributed by atoms with van der Waals surface area (Å²) in [6.07, 6.45) is 3.73. The van der Waals surface area contributed by atoms with E-state index < -0.39 is 6.10 Å². The topological polar surface area (TPSA) is 73.9 Å². The number of hydrogen-bond donors (Lipinski definition) is 2. The van der Waals surface area contributed by atoms with E-state index >= 15 is 0 Å². The number of ether oxygens (including phenoxy) is 3. The van der Waals surface area contributed by atoms with E-state index in [0.29, 0.717) is 32.5 Å². The molecule has 0 heterocycles. The lowest BCUT2D eigenvalue weighted by atomic mass is 9.94. The predicted octanol–water partition coefficient (Wildman–Crippen LogP) is 0.297. The number of methoxy groups -OCH3 is 1. The minimum atomic E-state index is -0.553. The van der Waals surface area contributed by atoms with Crippen LogP contribution in [0.15, 0.2) is 0 Å². The highest BCUT2D eigenvalue weighted by molar-refractivity contribution is 4.74. The van der Waals surface area contributed by atoms with E-state index in [2.05, 4.69) is 0 Å². The fraction of sp³-hybridized carbons (Fsp3) is 1.00. The Morgan fingerprint density at radius 2 is 1.88 bits per heavy atom. The molecule has 1 saturated carbocycles. The van der Waals surface area contributed by atoms with Crippen molar-refractivity contribution < 1.29 is 19.3 Å². The van der Waals surface area contributed by atoms with Gasteiger partial charge in [0.1, 0.15) is 6.10 Å². The Balaban J connectivity index is 1.97. The van der Waals surface area contributed by atoms with Crippen molar-refractivity contribution in [3.63, 3.8) is 0 Å². The van der Waals surface area contributed by atoms with Gasteiger partial charge in [-0.2, -0.15) is 0 Å². The number of nitrogens with two attached hydrogens (primary N) is 1. The molecule has 0 aliphatic heterocycles. The quantitative estimate of drug-likeness (QED) is 0.603. The molecule has 0 aromatic carbocycles. The molecule has 5 heteroatoms. The summed E-state index contributed by atoms with van der Waals surface area (Å²) in [4.78, 5) is 0. The molecule has 1 aliphatic carbocycles. The highest BCUT2D eigenvalue weighted by Gasteiger charge is 2.19. The molecule has 1 fully saturated rings. The zero-order chi connectivity index (χ0) is 12.5. The second kappa shape index (κ2) is 8.83. The molecule has 0 aromatic rings. The third kappa shape index (κ3) is 6.95. The van der Waals surface area contributed by atoms with E-state index in [1.54, 1.807) is 7.11 Å². The first-order valence-electron chi connectivity index (χ1n) is 6.34. The van der Waals surface area contributed by atoms with Gasteiger partial charge < -0.3 is 25.1 Å². The second-order valence-corrected chi connectivity index (χ2v) is 4.59. The van der Waals surface area contributed by atoms with Crippen molar-refractivity contribution in [1.82, 2.24) is 0 Å². The first-order chi connectivity index (χ1) is 8.22. The highest BCUT2D eigenvalue weighted by atomic mass is 16.5. The third-order valence-electron chi connectivity index (χ3n) is 2.99. The lowest BCUT2D eigenvalue weighted by Crippen LogP contribution is -2.32. The van der Waals surface area contributed by atoms with Crippen LogP contribution in [0.5, 0.6) is 0 Å². The van der Waals surface area contributed by atoms with Crippen LogP contribution in [0.4, 0.5) is 0 Å². The van der Waals surface area contributed by atoms with Gasteiger partial charge in [-0.25, -0.2) is 0 Å². The van der Waals surface area contributed by atoms with E-state index in [1.165, 1.54) is 0 Å². The van der Waals surface area contributed by atoms with Gasteiger partial charge in [-0.15, -0.1) is 0 Å². The Morgan fingerprint density at radius 1 is 1.18 bits per heavy atom. The van der Waals surface area contributed by atoms with Gasteiger partial charge in [0.25, 0.3) is 0 Å². The van der Waals surface area contributed by atoms with Crippen LogP contribution in [-0.4, -0.2) is 56.9 Å². The van der Waals surface area contributed by atoms with Crippen LogP contribution in [0.3, 0.4) is 0 Å². The average Bonchev–Trinajstić information content (AvgIpc) is 2.34. The Labute approximate surface area is 103 Å². The normalized spacial score (nSPS) is 27.0. The van der Waals surface area contributed by atoms with Crippen LogP contribution < -0.4 is 5.73 Å². The first kappa shape index (κ1) is 14.9. The van der Waals surface area contributed by atoms with E-state index in [9.17, 15) is 5.11 Å². The van der Waals surface area contributed by atoms with Gasteiger partial charge in [-0.05, 0) is 25.7 Å². The van der Waals surface area contributed by atoms with E-state index in [4.69, 9.17) is 19.9 Å². The summed E-state index contributed by atoms with van der Waals surface area (Å²) < 4.78 is 15.7. The van der Waals surface area contributed by atoms with Crippen molar-refractivity contribution in [3.8, 4) is 0 Å². The molecular formula is C12H25NO4. The molecule has 0 aromatic heterocycles. The zero-order valence-electron chi connectivity index (χ0n) is 10.6. The van der Waals surface area contributed by atoms with E-state index in [-0.39, 0.29) is 6.10 Å². The molecule has 1 unspecified atom stereocenters. The van der Waals surface area contributed by atoms with Gasteiger partial charge in [-0.3, -0.25) is 0 Å². The summed E-state index contributed by atoms with van der Waals surface area (Å²) in [5.74, 6) is 0. The highest BCUT2D eigenvalue weighted by Crippen LogP contribution is 2.19. The maximum Gasteiger partial charge on any atom is 0.101 e. The molecule has 5 nitrogen and oxygen atoms in total. The fourth-order valence-corrected chi connectivity index (χ4v) is 1.91. The van der Waals surface area contributed by atoms with Crippen LogP contribution in [0.25, 0.3) is 0 Å². The number of hydrogen-bond acceptors (Lipinski definition) is 5. The van der Waals surface area contributed by atoms with Gasteiger partial charge in [0, 0.05) is 13.2 Å². The van der Waals surface area contributed by atoms with Gasteiger partial charge in [-0.1, -0.05) is 0 Å². The molecule has 0 bridgehead atoms. The Bertz CT molecular complexity index is 183. The largest absolute Gasteiger partial charge is 0.388 e. The molecule has 0 saturated heterocycles. The van der Waals surface area contributed by atoms with Crippen LogP contribution in [0.2, 0.25) is 0 Å². The molecule has 1 atom stereocenters. The van der Waals surface area contributed by atoms with Crippen molar-refractivity contribution in [1.29, 1.82) is 0 Å². The Morgan fingerprint density at radius 3 is 2.53 bits per heavy atom. The summed E-state index contributed by atoms with van der Waals surface area (Å²) in [6.45, 7) is 1.70. The van der Waals surface area contributed by atoms with Crippen molar-refractivity contribution >= 4 is 0 Å². The smallest absolute Gasteiger partial charge is 0.101 e. The fourth-order valence-electron chi connectivity index (χ4n) is 1.91. The monoisotopic (exact) mass is 247 g/mol. The summed E-state index contributed by atoms with van der Waals surface area (Å²) in [7, 11) is 1.62. The summed E-state index contributed by atoms with van der Waals surface area (Å²) in [5.41, 5.74) is 5.81. The maximum atomic E-state index is 9.62. The second-order valence-electron chi connectivity index (χ2n) is 4.59. The molecule has 3 N–H and O–H groups in total. The van der Waals surface area contributed by atoms with Crippen LogP contribution >= 0.6 is 0 Å². The van der Waals surface area contributed by atoms with Crippen LogP contribution in [0.1, 0.15) is 25.7 Å². The van der Waals surface area contributed by atoms with E-state index in [0.717, 1.165) is 25.7 Å². The number of rotatable bonds is 8. The zero-order valence-corrected chi connectivity index (χ0v) is 10.6. The standard InChI is InChI=1S/C12H25NO4/c1-15-6-7-16-8-11(14)9-17-12-4-2-10(13)3-5-12/h10-12,14H,2-9,13H2,1H3. The lowest BCUT2D eigenvalue weighted by Gasteiger charge is -2.27. The van der Waals surface area contributed by atoms with Crippen molar-refractivity contribution in [3.05, 3.63) is 0 Å². The minimum Gasteiger partial charge on any atom is -0.388 e. The van der Waals surface area contributed by atoms with Crippen LogP contribution in [0, 0.1) is 0 Å². The average molecular weight is 247 g/mol. The van der Waals surface area contributed by atoms with Gasteiger partial charge in [0.05, 0.1) is 32.5 Å². The summed E-state index contributed by atoms with van der Waals surface area (Å²) in [6, 6.07) is 0.331. The van der Waals surface area contributed by atoms with Gasteiger partial charge in [0.2, 0.25) is 0 Å². The molecule has 17 heavy (non-hydrogen) atoms. The van der Waals surface area contributed by atoms with Crippen molar-refractivity contribution in [2.75, 3.05) is 33.5 Å². The molecule has 0 radical (unpaired) electrons. The Kier molecular flexibility index (Phi) is 7.72. The summed E-state index contributed by atoms with van der Waals surface area (Å²) >= 11 is 0. The molecule has 0 amide bonds. The maximum absolute atomic E-state index is 9.62. The third-order valence-corrected chi connectivity index (χ3v) is 2.99. The molecule has 0 spiro atoms. The van der Waals surface area contributed by atoms with E-state index in [1.807, 2.05) is 0 Å². The summed E-state index contributed by atoms with van der Waals surface area (Å²) in [5, 5.41) is 9.62. The minimum absolute atomic E-state index is 0.253. The van der Waals surface area contributed by atoms with Crippen molar-refractivity contribution in [2.45, 2.75) is 43.9 Å². The van der Waals surface area contributed by atoms with Gasteiger partial charge in [0.15, 0.2) is 0 Å². The predicted molar refractivity (Wildman–Crippen MR) is 64.9 cm³/mol.